The second-order valence-electron chi connectivity index (χ2n) is 15.8. The number of carbonyl (C=O) groups is 3. The van der Waals surface area contributed by atoms with Crippen molar-refractivity contribution in [2.24, 2.45) is 29.4 Å². The summed E-state index contributed by atoms with van der Waals surface area (Å²) in [5.41, 5.74) is 12.9. The summed E-state index contributed by atoms with van der Waals surface area (Å²) in [4.78, 5) is 68.8. The first-order valence-corrected chi connectivity index (χ1v) is 20.4. The maximum atomic E-state index is 13.8. The molecule has 59 heavy (non-hydrogen) atoms. The summed E-state index contributed by atoms with van der Waals surface area (Å²) in [6, 6.07) is 6.47. The summed E-state index contributed by atoms with van der Waals surface area (Å²) in [6.45, 7) is 5.10. The molecular weight excluding hydrogens is 761 g/mol. The van der Waals surface area contributed by atoms with Crippen LogP contribution in [-0.4, -0.2) is 105 Å². The monoisotopic (exact) mass is 811 g/mol. The number of nitrogens with one attached hydrogen (secondary N) is 2. The molecule has 0 bridgehead atoms. The molecule has 17 heteroatoms. The fraction of sp³-hybridized carbons (Fsp3) is 0.500. The predicted octanol–water partition coefficient (Wildman–Crippen LogP) is 2.53. The number of piperazine rings is 1. The van der Waals surface area contributed by atoms with Crippen molar-refractivity contribution >= 4 is 40.5 Å². The number of carbonyl (C=O) groups excluding carboxylic acids is 3. The number of imidazole rings is 1. The van der Waals surface area contributed by atoms with E-state index in [1.165, 1.54) is 15.3 Å². The van der Waals surface area contributed by atoms with Crippen LogP contribution in [0.15, 0.2) is 57.8 Å². The molecule has 3 aromatic rings. The molecule has 2 aromatic heterocycles. The molecule has 0 spiro atoms. The van der Waals surface area contributed by atoms with E-state index in [0.717, 1.165) is 89.6 Å². The van der Waals surface area contributed by atoms with Gasteiger partial charge in [0.15, 0.2) is 5.82 Å². The van der Waals surface area contributed by atoms with E-state index in [0.29, 0.717) is 35.0 Å². The molecule has 1 atom stereocenters. The first kappa shape index (κ1) is 41.4. The van der Waals surface area contributed by atoms with Gasteiger partial charge in [-0.05, 0) is 69.1 Å². The molecule has 4 heterocycles. The second-order valence-corrected chi connectivity index (χ2v) is 15.8. The van der Waals surface area contributed by atoms with Crippen LogP contribution in [0.25, 0.3) is 16.6 Å². The number of hydrogen-bond donors (Lipinski definition) is 4. The Bertz CT molecular complexity index is 2290. The van der Waals surface area contributed by atoms with Gasteiger partial charge in [0, 0.05) is 76.4 Å². The van der Waals surface area contributed by atoms with Crippen molar-refractivity contribution in [1.29, 1.82) is 0 Å². The number of aryl methyl sites for hydroxylation is 1. The van der Waals surface area contributed by atoms with Gasteiger partial charge in [-0.15, -0.1) is 0 Å². The number of nitrogens with two attached hydrogens (primary N) is 2. The number of amides is 3. The highest BCUT2D eigenvalue weighted by molar-refractivity contribution is 6.19. The van der Waals surface area contributed by atoms with E-state index in [4.69, 9.17) is 11.5 Å². The van der Waals surface area contributed by atoms with Crippen molar-refractivity contribution in [3.8, 4) is 11.8 Å². The number of halogens is 2. The lowest BCUT2D eigenvalue weighted by Crippen LogP contribution is -2.48. The Balaban J connectivity index is 0.882. The SMILES string of the molecule is Cn1c(=O)n(C2CCC(=O)NC2=O)c2cccc(C#CCN3CCN(CC4CCC(N=C/C(NC(=O)/C(=C/N)c5nccc(C6CCC6)n5)=C(\N)C(F)F)CC4)CC3)c21. The van der Waals surface area contributed by atoms with Gasteiger partial charge in [0.25, 0.3) is 12.3 Å². The van der Waals surface area contributed by atoms with Crippen molar-refractivity contribution in [3.05, 3.63) is 75.6 Å². The molecule has 1 aromatic carbocycles. The summed E-state index contributed by atoms with van der Waals surface area (Å²) < 4.78 is 30.5. The Morgan fingerprint density at radius 1 is 1.05 bits per heavy atom. The number of hydrogen-bond acceptors (Lipinski definition) is 11. The quantitative estimate of drug-likeness (QED) is 0.0967. The molecule has 312 valence electrons. The lowest BCUT2D eigenvalue weighted by molar-refractivity contribution is -0.135. The standard InChI is InChI=1S/C42H51F2N11O4/c1-52-37-28(7-3-9-33(37)55(42(52)59)34-14-15-35(56)51-41(34)58)8-4-18-53-19-21-54(22-20-53)25-26-10-12-29(13-11-26)48-24-32(36(46)38(43)44)50-40(57)30(23-45)39-47-17-16-31(49-39)27-5-2-6-27/h3,7,9,16-17,23-24,26-27,29,34,38H,2,5-6,10-15,18-22,25,45-46H2,1H3,(H,50,57)(H,51,56,58)/b30-23+,36-32+,48-24?. The van der Waals surface area contributed by atoms with Crippen LogP contribution in [0, 0.1) is 17.8 Å². The summed E-state index contributed by atoms with van der Waals surface area (Å²) >= 11 is 0. The third-order valence-electron chi connectivity index (χ3n) is 12.0. The number of nitrogens with zero attached hydrogens (tertiary/aromatic N) is 7. The van der Waals surface area contributed by atoms with E-state index in [9.17, 15) is 28.0 Å². The Hall–Kier alpha value is -5.73. The second kappa shape index (κ2) is 18.5. The number of alkyl halides is 2. The van der Waals surface area contributed by atoms with Gasteiger partial charge in [-0.25, -0.2) is 23.5 Å². The average Bonchev–Trinajstić information content (AvgIpc) is 3.46. The summed E-state index contributed by atoms with van der Waals surface area (Å²) in [7, 11) is 1.67. The molecule has 3 amide bonds. The normalized spacial score (nSPS) is 22.8. The Kier molecular flexibility index (Phi) is 13.0. The number of aliphatic imine (C=N–C) groups is 1. The van der Waals surface area contributed by atoms with E-state index in [1.807, 2.05) is 18.2 Å². The van der Waals surface area contributed by atoms with Crippen molar-refractivity contribution in [2.75, 3.05) is 39.3 Å². The first-order valence-electron chi connectivity index (χ1n) is 20.4. The zero-order chi connectivity index (χ0) is 41.6. The largest absolute Gasteiger partial charge is 0.404 e. The first-order chi connectivity index (χ1) is 28.5. The fourth-order valence-corrected chi connectivity index (χ4v) is 8.34. The number of fused-ring (bicyclic) bond motifs is 1. The molecular formula is C42H51F2N11O4. The Labute approximate surface area is 341 Å². The zero-order valence-corrected chi connectivity index (χ0v) is 33.2. The molecule has 6 N–H and O–H groups in total. The highest BCUT2D eigenvalue weighted by Gasteiger charge is 2.32. The van der Waals surface area contributed by atoms with Crippen molar-refractivity contribution < 1.29 is 23.2 Å². The minimum absolute atomic E-state index is 0.0446. The van der Waals surface area contributed by atoms with Gasteiger partial charge in [0.1, 0.15) is 11.7 Å². The van der Waals surface area contributed by atoms with Gasteiger partial charge >= 0.3 is 5.69 Å². The number of allylic oxidation sites excluding steroid dienone is 2. The van der Waals surface area contributed by atoms with E-state index >= 15 is 0 Å². The molecule has 15 nitrogen and oxygen atoms in total. The Morgan fingerprint density at radius 2 is 1.80 bits per heavy atom. The number of piperidine rings is 1. The van der Waals surface area contributed by atoms with Crippen LogP contribution < -0.4 is 27.8 Å². The molecule has 2 saturated heterocycles. The maximum absolute atomic E-state index is 13.8. The van der Waals surface area contributed by atoms with E-state index in [2.05, 4.69) is 47.2 Å². The van der Waals surface area contributed by atoms with Crippen molar-refractivity contribution in [2.45, 2.75) is 82.2 Å². The van der Waals surface area contributed by atoms with E-state index < -0.39 is 30.0 Å². The topological polar surface area (TPSA) is 199 Å². The molecule has 4 aliphatic rings. The molecule has 2 aliphatic heterocycles. The van der Waals surface area contributed by atoms with Crippen LogP contribution in [0.3, 0.4) is 0 Å². The summed E-state index contributed by atoms with van der Waals surface area (Å²) in [5, 5.41) is 4.82. The summed E-state index contributed by atoms with van der Waals surface area (Å²) in [5.74, 6) is 5.91. The lowest BCUT2D eigenvalue weighted by atomic mass is 9.83. The van der Waals surface area contributed by atoms with Crippen LogP contribution >= 0.6 is 0 Å². The Morgan fingerprint density at radius 3 is 2.47 bits per heavy atom. The third-order valence-corrected chi connectivity index (χ3v) is 12.0. The third kappa shape index (κ3) is 9.44. The molecule has 7 rings (SSSR count). The minimum Gasteiger partial charge on any atom is -0.404 e. The van der Waals surface area contributed by atoms with Crippen LogP contribution in [0.2, 0.25) is 0 Å². The minimum atomic E-state index is -3.00. The van der Waals surface area contributed by atoms with Gasteiger partial charge in [-0.3, -0.25) is 38.7 Å². The molecule has 2 aliphatic carbocycles. The molecule has 2 saturated carbocycles. The van der Waals surface area contributed by atoms with Gasteiger partial charge in [-0.2, -0.15) is 0 Å². The van der Waals surface area contributed by atoms with Crippen LogP contribution in [0.5, 0.6) is 0 Å². The van der Waals surface area contributed by atoms with Gasteiger partial charge < -0.3 is 21.7 Å². The van der Waals surface area contributed by atoms with Crippen LogP contribution in [0.1, 0.15) is 86.8 Å². The number of rotatable bonds is 11. The maximum Gasteiger partial charge on any atom is 0.329 e. The molecule has 0 radical (unpaired) electrons. The fourth-order valence-electron chi connectivity index (χ4n) is 8.34. The average molecular weight is 812 g/mol. The molecule has 4 fully saturated rings. The number of imide groups is 1. The highest BCUT2D eigenvalue weighted by atomic mass is 19.3. The smallest absolute Gasteiger partial charge is 0.329 e. The van der Waals surface area contributed by atoms with Gasteiger partial charge in [-0.1, -0.05) is 24.3 Å². The number of benzene rings is 1. The number of para-hydroxylation sites is 1. The van der Waals surface area contributed by atoms with Crippen molar-refractivity contribution in [1.82, 2.24) is 39.5 Å². The van der Waals surface area contributed by atoms with Crippen LogP contribution in [0.4, 0.5) is 8.78 Å². The summed E-state index contributed by atoms with van der Waals surface area (Å²) in [6.07, 6.45) is 7.93. The molecule has 1 unspecified atom stereocenters. The van der Waals surface area contributed by atoms with Crippen LogP contribution in [-0.2, 0) is 21.4 Å². The number of aromatic nitrogens is 4. The van der Waals surface area contributed by atoms with Gasteiger partial charge in [0.05, 0.1) is 40.5 Å². The highest BCUT2D eigenvalue weighted by Crippen LogP contribution is 2.35. The predicted molar refractivity (Wildman–Crippen MR) is 219 cm³/mol. The lowest BCUT2D eigenvalue weighted by Gasteiger charge is -2.37. The van der Waals surface area contributed by atoms with Crippen molar-refractivity contribution in [3.63, 3.8) is 0 Å². The van der Waals surface area contributed by atoms with E-state index in [-0.39, 0.29) is 47.6 Å². The van der Waals surface area contributed by atoms with E-state index in [1.54, 1.807) is 19.3 Å². The van der Waals surface area contributed by atoms with Gasteiger partial charge in [0.2, 0.25) is 11.8 Å². The zero-order valence-electron chi connectivity index (χ0n) is 33.2.